The van der Waals surface area contributed by atoms with Gasteiger partial charge in [0, 0.05) is 25.9 Å². The minimum atomic E-state index is -4.42. The Morgan fingerprint density at radius 2 is 1.80 bits per heavy atom. The SMILES string of the molecule is Cc1cc(NCc2cc(C(F)(F)F)nn2C)nn1C.Cl. The fourth-order valence-electron chi connectivity index (χ4n) is 1.64. The van der Waals surface area contributed by atoms with Crippen LogP contribution in [0.5, 0.6) is 0 Å². The molecule has 9 heteroatoms. The van der Waals surface area contributed by atoms with Crippen molar-refractivity contribution in [2.24, 2.45) is 14.1 Å². The van der Waals surface area contributed by atoms with Crippen LogP contribution in [0.3, 0.4) is 0 Å². The lowest BCUT2D eigenvalue weighted by atomic mass is 10.3. The van der Waals surface area contributed by atoms with Gasteiger partial charge < -0.3 is 5.32 Å². The molecule has 0 spiro atoms. The number of alkyl halides is 3. The molecular weight excluding hydrogens is 295 g/mol. The number of hydrogen-bond donors (Lipinski definition) is 1. The van der Waals surface area contributed by atoms with Crippen LogP contribution >= 0.6 is 12.4 Å². The van der Waals surface area contributed by atoms with Crippen molar-refractivity contribution < 1.29 is 13.2 Å². The first-order valence-corrected chi connectivity index (χ1v) is 5.62. The molecule has 0 aromatic carbocycles. The van der Waals surface area contributed by atoms with Crippen LogP contribution in [-0.2, 0) is 26.8 Å². The first-order valence-electron chi connectivity index (χ1n) is 5.62. The highest BCUT2D eigenvalue weighted by molar-refractivity contribution is 5.85. The van der Waals surface area contributed by atoms with Gasteiger partial charge in [0.2, 0.25) is 0 Å². The third-order valence-electron chi connectivity index (χ3n) is 2.83. The summed E-state index contributed by atoms with van der Waals surface area (Å²) >= 11 is 0. The highest BCUT2D eigenvalue weighted by atomic mass is 35.5. The van der Waals surface area contributed by atoms with E-state index in [2.05, 4.69) is 15.5 Å². The Balaban J connectivity index is 0.00000200. The van der Waals surface area contributed by atoms with E-state index in [1.54, 1.807) is 11.7 Å². The summed E-state index contributed by atoms with van der Waals surface area (Å²) in [6.45, 7) is 2.13. The molecule has 0 saturated heterocycles. The second-order valence-electron chi connectivity index (χ2n) is 4.29. The van der Waals surface area contributed by atoms with Crippen LogP contribution in [0.4, 0.5) is 19.0 Å². The molecule has 5 nitrogen and oxygen atoms in total. The Bertz CT molecular complexity index is 568. The minimum Gasteiger partial charge on any atom is -0.363 e. The smallest absolute Gasteiger partial charge is 0.363 e. The fraction of sp³-hybridized carbons (Fsp3) is 0.455. The Labute approximate surface area is 120 Å². The molecule has 0 unspecified atom stereocenters. The second-order valence-corrected chi connectivity index (χ2v) is 4.29. The van der Waals surface area contributed by atoms with Gasteiger partial charge >= 0.3 is 6.18 Å². The summed E-state index contributed by atoms with van der Waals surface area (Å²) in [7, 11) is 3.28. The Morgan fingerprint density at radius 1 is 1.15 bits per heavy atom. The third kappa shape index (κ3) is 3.44. The highest BCUT2D eigenvalue weighted by Crippen LogP contribution is 2.28. The zero-order valence-corrected chi connectivity index (χ0v) is 12.0. The predicted molar refractivity (Wildman–Crippen MR) is 70.7 cm³/mol. The number of rotatable bonds is 3. The molecule has 0 saturated carbocycles. The summed E-state index contributed by atoms with van der Waals surface area (Å²) in [5.74, 6) is 0.620. The number of anilines is 1. The maximum atomic E-state index is 12.5. The monoisotopic (exact) mass is 309 g/mol. The summed E-state index contributed by atoms with van der Waals surface area (Å²) in [6.07, 6.45) is -4.42. The standard InChI is InChI=1S/C11H14F3N5.ClH/c1-7-4-10(17-18(7)2)15-6-8-5-9(11(12,13)14)16-19(8)3;/h4-5H,6H2,1-3H3,(H,15,17);1H. The Kier molecular flexibility index (Phi) is 4.69. The average Bonchev–Trinajstić information content (AvgIpc) is 2.80. The Hall–Kier alpha value is -1.70. The molecule has 0 fully saturated rings. The van der Waals surface area contributed by atoms with Crippen molar-refractivity contribution in [1.29, 1.82) is 0 Å². The van der Waals surface area contributed by atoms with Gasteiger partial charge in [0.25, 0.3) is 0 Å². The zero-order chi connectivity index (χ0) is 14.2. The maximum absolute atomic E-state index is 12.5. The molecule has 0 atom stereocenters. The van der Waals surface area contributed by atoms with Crippen LogP contribution in [-0.4, -0.2) is 19.6 Å². The van der Waals surface area contributed by atoms with Gasteiger partial charge in [0.05, 0.1) is 12.2 Å². The lowest BCUT2D eigenvalue weighted by molar-refractivity contribution is -0.141. The normalized spacial score (nSPS) is 11.3. The van der Waals surface area contributed by atoms with Crippen molar-refractivity contribution in [3.8, 4) is 0 Å². The van der Waals surface area contributed by atoms with Crippen LogP contribution in [0.15, 0.2) is 12.1 Å². The molecule has 2 heterocycles. The van der Waals surface area contributed by atoms with E-state index in [9.17, 15) is 13.2 Å². The molecule has 2 aromatic heterocycles. The topological polar surface area (TPSA) is 47.7 Å². The van der Waals surface area contributed by atoms with E-state index >= 15 is 0 Å². The number of nitrogens with zero attached hydrogens (tertiary/aromatic N) is 4. The molecule has 0 aliphatic heterocycles. The fourth-order valence-corrected chi connectivity index (χ4v) is 1.64. The van der Waals surface area contributed by atoms with Crippen molar-refractivity contribution in [1.82, 2.24) is 19.6 Å². The molecule has 2 aromatic rings. The van der Waals surface area contributed by atoms with E-state index in [-0.39, 0.29) is 19.0 Å². The van der Waals surface area contributed by atoms with Gasteiger partial charge in [0.15, 0.2) is 5.69 Å². The first-order chi connectivity index (χ1) is 8.77. The average molecular weight is 310 g/mol. The third-order valence-corrected chi connectivity index (χ3v) is 2.83. The summed E-state index contributed by atoms with van der Waals surface area (Å²) in [5.41, 5.74) is 0.517. The van der Waals surface area contributed by atoms with Crippen molar-refractivity contribution in [3.63, 3.8) is 0 Å². The van der Waals surface area contributed by atoms with Gasteiger partial charge in [-0.2, -0.15) is 23.4 Å². The molecular formula is C11H15ClF3N5. The molecule has 112 valence electrons. The summed E-state index contributed by atoms with van der Waals surface area (Å²) in [6, 6.07) is 2.85. The summed E-state index contributed by atoms with van der Waals surface area (Å²) in [5, 5.41) is 10.6. The number of nitrogens with one attached hydrogen (secondary N) is 1. The molecule has 20 heavy (non-hydrogen) atoms. The second kappa shape index (κ2) is 5.74. The van der Waals surface area contributed by atoms with E-state index in [1.165, 1.54) is 11.7 Å². The van der Waals surface area contributed by atoms with E-state index in [0.29, 0.717) is 11.5 Å². The van der Waals surface area contributed by atoms with Gasteiger partial charge in [-0.3, -0.25) is 9.36 Å². The quantitative estimate of drug-likeness (QED) is 0.947. The van der Waals surface area contributed by atoms with Crippen molar-refractivity contribution in [2.45, 2.75) is 19.6 Å². The van der Waals surface area contributed by atoms with E-state index in [4.69, 9.17) is 0 Å². The largest absolute Gasteiger partial charge is 0.435 e. The van der Waals surface area contributed by atoms with E-state index in [0.717, 1.165) is 11.8 Å². The molecule has 2 rings (SSSR count). The van der Waals surface area contributed by atoms with Gasteiger partial charge in [-0.05, 0) is 13.0 Å². The van der Waals surface area contributed by atoms with Gasteiger partial charge in [-0.1, -0.05) is 0 Å². The molecule has 1 N–H and O–H groups in total. The lowest BCUT2D eigenvalue weighted by Gasteiger charge is -2.02. The van der Waals surface area contributed by atoms with Crippen LogP contribution in [0, 0.1) is 6.92 Å². The molecule has 0 radical (unpaired) electrons. The van der Waals surface area contributed by atoms with E-state index < -0.39 is 11.9 Å². The zero-order valence-electron chi connectivity index (χ0n) is 11.2. The first kappa shape index (κ1) is 16.4. The van der Waals surface area contributed by atoms with Crippen LogP contribution in [0.2, 0.25) is 0 Å². The lowest BCUT2D eigenvalue weighted by Crippen LogP contribution is -2.07. The van der Waals surface area contributed by atoms with Crippen molar-refractivity contribution in [3.05, 3.63) is 29.2 Å². The maximum Gasteiger partial charge on any atom is 0.435 e. The molecule has 0 bridgehead atoms. The molecule has 0 amide bonds. The number of halogens is 4. The molecule has 0 aliphatic rings. The minimum absolute atomic E-state index is 0. The molecule has 0 aliphatic carbocycles. The summed E-state index contributed by atoms with van der Waals surface area (Å²) < 4.78 is 40.4. The van der Waals surface area contributed by atoms with Crippen LogP contribution in [0.25, 0.3) is 0 Å². The van der Waals surface area contributed by atoms with Crippen LogP contribution < -0.4 is 5.32 Å². The van der Waals surface area contributed by atoms with Crippen molar-refractivity contribution in [2.75, 3.05) is 5.32 Å². The van der Waals surface area contributed by atoms with Gasteiger partial charge in [-0.15, -0.1) is 12.4 Å². The summed E-state index contributed by atoms with van der Waals surface area (Å²) in [4.78, 5) is 0. The number of aryl methyl sites for hydroxylation is 3. The van der Waals surface area contributed by atoms with Gasteiger partial charge in [0.1, 0.15) is 5.82 Å². The van der Waals surface area contributed by atoms with Crippen LogP contribution in [0.1, 0.15) is 17.1 Å². The Morgan fingerprint density at radius 3 is 2.25 bits per heavy atom. The van der Waals surface area contributed by atoms with Crippen molar-refractivity contribution >= 4 is 18.2 Å². The van der Waals surface area contributed by atoms with Gasteiger partial charge in [-0.25, -0.2) is 0 Å². The highest BCUT2D eigenvalue weighted by Gasteiger charge is 2.34. The predicted octanol–water partition coefficient (Wildman–Crippen LogP) is 2.51. The number of hydrogen-bond acceptors (Lipinski definition) is 3. The van der Waals surface area contributed by atoms with E-state index in [1.807, 2.05) is 13.0 Å². The number of aromatic nitrogens is 4.